The van der Waals surface area contributed by atoms with E-state index in [0.717, 1.165) is 24.5 Å². The van der Waals surface area contributed by atoms with Gasteiger partial charge in [0.05, 0.1) is 11.5 Å². The van der Waals surface area contributed by atoms with E-state index in [1.54, 1.807) is 13.1 Å². The van der Waals surface area contributed by atoms with Gasteiger partial charge >= 0.3 is 11.8 Å². The Morgan fingerprint density at radius 1 is 1.06 bits per heavy atom. The highest BCUT2D eigenvalue weighted by atomic mass is 32.2. The SMILES string of the molecule is CCN(CC)c1ccc(CNC(=O)C(=O)Nc2ccc(S(=O)(=O)N[C@H](C)COC)cc2)cn1. The van der Waals surface area contributed by atoms with E-state index in [1.807, 2.05) is 26.0 Å². The molecule has 1 atom stereocenters. The van der Waals surface area contributed by atoms with Gasteiger partial charge in [0.2, 0.25) is 10.0 Å². The summed E-state index contributed by atoms with van der Waals surface area (Å²) in [4.78, 5) is 30.8. The molecule has 0 aliphatic rings. The highest BCUT2D eigenvalue weighted by molar-refractivity contribution is 7.89. The van der Waals surface area contributed by atoms with Crippen LogP contribution in [-0.4, -0.2) is 58.1 Å². The van der Waals surface area contributed by atoms with Gasteiger partial charge in [-0.3, -0.25) is 9.59 Å². The molecule has 180 valence electrons. The van der Waals surface area contributed by atoms with Gasteiger partial charge in [-0.25, -0.2) is 18.1 Å². The average molecular weight is 478 g/mol. The Bertz CT molecular complexity index is 1020. The summed E-state index contributed by atoms with van der Waals surface area (Å²) in [5.74, 6) is -0.818. The first-order valence-electron chi connectivity index (χ1n) is 10.6. The third-order valence-corrected chi connectivity index (χ3v) is 6.36. The van der Waals surface area contributed by atoms with Crippen molar-refractivity contribution in [2.24, 2.45) is 0 Å². The van der Waals surface area contributed by atoms with E-state index in [0.29, 0.717) is 5.69 Å². The van der Waals surface area contributed by atoms with Crippen LogP contribution in [0.25, 0.3) is 0 Å². The zero-order valence-electron chi connectivity index (χ0n) is 19.3. The van der Waals surface area contributed by atoms with Gasteiger partial charge in [-0.15, -0.1) is 0 Å². The largest absolute Gasteiger partial charge is 0.383 e. The highest BCUT2D eigenvalue weighted by Crippen LogP contribution is 2.15. The Kier molecular flexibility index (Phi) is 9.76. The molecule has 1 aromatic heterocycles. The number of carbonyl (C=O) groups excluding carboxylic acids is 2. The number of anilines is 2. The monoisotopic (exact) mass is 477 g/mol. The molecule has 2 aromatic rings. The number of amides is 2. The van der Waals surface area contributed by atoms with E-state index in [4.69, 9.17) is 4.74 Å². The molecule has 1 aromatic carbocycles. The molecule has 11 heteroatoms. The third kappa shape index (κ3) is 7.81. The number of benzene rings is 1. The second-order valence-electron chi connectivity index (χ2n) is 7.34. The second kappa shape index (κ2) is 12.3. The normalized spacial score (nSPS) is 12.1. The van der Waals surface area contributed by atoms with Crippen LogP contribution in [0.2, 0.25) is 0 Å². The highest BCUT2D eigenvalue weighted by Gasteiger charge is 2.18. The van der Waals surface area contributed by atoms with Crippen molar-refractivity contribution in [1.29, 1.82) is 0 Å². The molecule has 0 aliphatic carbocycles. The van der Waals surface area contributed by atoms with Crippen molar-refractivity contribution in [2.75, 3.05) is 37.0 Å². The third-order valence-electron chi connectivity index (χ3n) is 4.75. The zero-order valence-corrected chi connectivity index (χ0v) is 20.1. The number of hydrogen-bond donors (Lipinski definition) is 3. The molecule has 0 bridgehead atoms. The van der Waals surface area contributed by atoms with Crippen molar-refractivity contribution in [3.63, 3.8) is 0 Å². The van der Waals surface area contributed by atoms with Gasteiger partial charge in [0.15, 0.2) is 0 Å². The van der Waals surface area contributed by atoms with Crippen LogP contribution in [-0.2, 0) is 30.9 Å². The number of aromatic nitrogens is 1. The number of nitrogens with zero attached hydrogens (tertiary/aromatic N) is 2. The van der Waals surface area contributed by atoms with Gasteiger partial charge in [0.25, 0.3) is 0 Å². The topological polar surface area (TPSA) is 130 Å². The Morgan fingerprint density at radius 3 is 2.27 bits per heavy atom. The minimum atomic E-state index is -3.73. The number of hydrogen-bond acceptors (Lipinski definition) is 7. The molecule has 2 rings (SSSR count). The number of sulfonamides is 1. The van der Waals surface area contributed by atoms with E-state index >= 15 is 0 Å². The molecule has 33 heavy (non-hydrogen) atoms. The van der Waals surface area contributed by atoms with Gasteiger partial charge in [-0.1, -0.05) is 6.07 Å². The summed E-state index contributed by atoms with van der Waals surface area (Å²) in [6, 6.07) is 8.84. The minimum absolute atomic E-state index is 0.0357. The molecule has 0 spiro atoms. The van der Waals surface area contributed by atoms with Crippen LogP contribution in [0, 0.1) is 0 Å². The second-order valence-corrected chi connectivity index (χ2v) is 9.05. The van der Waals surface area contributed by atoms with Crippen molar-refractivity contribution in [3.05, 3.63) is 48.2 Å². The lowest BCUT2D eigenvalue weighted by atomic mass is 10.2. The molecular formula is C22H31N5O5S. The molecule has 0 aliphatic heterocycles. The van der Waals surface area contributed by atoms with Crippen molar-refractivity contribution < 1.29 is 22.7 Å². The quantitative estimate of drug-likeness (QED) is 0.418. The molecule has 0 saturated heterocycles. The number of nitrogens with one attached hydrogen (secondary N) is 3. The van der Waals surface area contributed by atoms with E-state index in [1.165, 1.54) is 31.4 Å². The van der Waals surface area contributed by atoms with Gasteiger partial charge < -0.3 is 20.3 Å². The summed E-state index contributed by atoms with van der Waals surface area (Å²) < 4.78 is 32.1. The lowest BCUT2D eigenvalue weighted by molar-refractivity contribution is -0.136. The smallest absolute Gasteiger partial charge is 0.313 e. The number of methoxy groups -OCH3 is 1. The summed E-state index contributed by atoms with van der Waals surface area (Å²) in [6.45, 7) is 7.85. The summed E-state index contributed by atoms with van der Waals surface area (Å²) >= 11 is 0. The fourth-order valence-electron chi connectivity index (χ4n) is 3.04. The summed E-state index contributed by atoms with van der Waals surface area (Å²) in [5.41, 5.74) is 1.06. The molecule has 0 unspecified atom stereocenters. The summed E-state index contributed by atoms with van der Waals surface area (Å²) in [7, 11) is -2.24. The van der Waals surface area contributed by atoms with Crippen molar-refractivity contribution in [3.8, 4) is 0 Å². The predicted molar refractivity (Wildman–Crippen MR) is 126 cm³/mol. The van der Waals surface area contributed by atoms with Crippen LogP contribution >= 0.6 is 0 Å². The first-order chi connectivity index (χ1) is 15.7. The Hall–Kier alpha value is -3.02. The van der Waals surface area contributed by atoms with Gasteiger partial charge in [0, 0.05) is 44.7 Å². The molecule has 3 N–H and O–H groups in total. The Labute approximate surface area is 194 Å². The number of carbonyl (C=O) groups is 2. The maximum atomic E-state index is 12.3. The molecular weight excluding hydrogens is 446 g/mol. The van der Waals surface area contributed by atoms with Crippen LogP contribution in [0.4, 0.5) is 11.5 Å². The average Bonchev–Trinajstić information content (AvgIpc) is 2.79. The van der Waals surface area contributed by atoms with Crippen molar-refractivity contribution in [2.45, 2.75) is 38.3 Å². The fourth-order valence-corrected chi connectivity index (χ4v) is 4.27. The number of rotatable bonds is 11. The van der Waals surface area contributed by atoms with Crippen LogP contribution in [0.3, 0.4) is 0 Å². The lowest BCUT2D eigenvalue weighted by Gasteiger charge is -2.19. The van der Waals surface area contributed by atoms with Crippen LogP contribution in [0.5, 0.6) is 0 Å². The molecule has 2 amide bonds. The van der Waals surface area contributed by atoms with E-state index in [2.05, 4.69) is 25.2 Å². The number of pyridine rings is 1. The van der Waals surface area contributed by atoms with Gasteiger partial charge in [-0.05, 0) is 56.7 Å². The Balaban J connectivity index is 1.90. The van der Waals surface area contributed by atoms with Crippen LogP contribution in [0.1, 0.15) is 26.3 Å². The van der Waals surface area contributed by atoms with Gasteiger partial charge in [0.1, 0.15) is 5.82 Å². The van der Waals surface area contributed by atoms with E-state index in [-0.39, 0.29) is 18.0 Å². The van der Waals surface area contributed by atoms with Gasteiger partial charge in [-0.2, -0.15) is 0 Å². The fraction of sp³-hybridized carbons (Fsp3) is 0.409. The summed E-state index contributed by atoms with van der Waals surface area (Å²) in [6.07, 6.45) is 1.66. The minimum Gasteiger partial charge on any atom is -0.383 e. The Morgan fingerprint density at radius 2 is 1.73 bits per heavy atom. The predicted octanol–water partition coefficient (Wildman–Crippen LogP) is 1.50. The van der Waals surface area contributed by atoms with Crippen LogP contribution < -0.4 is 20.3 Å². The molecule has 1 heterocycles. The van der Waals surface area contributed by atoms with Crippen LogP contribution in [0.15, 0.2) is 47.5 Å². The molecule has 0 radical (unpaired) electrons. The maximum absolute atomic E-state index is 12.3. The maximum Gasteiger partial charge on any atom is 0.313 e. The first-order valence-corrected chi connectivity index (χ1v) is 12.1. The van der Waals surface area contributed by atoms with Crippen molar-refractivity contribution in [1.82, 2.24) is 15.0 Å². The number of ether oxygens (including phenoxy) is 1. The molecule has 0 saturated carbocycles. The van der Waals surface area contributed by atoms with E-state index < -0.39 is 27.9 Å². The lowest BCUT2D eigenvalue weighted by Crippen LogP contribution is -2.35. The standard InChI is InChI=1S/C22H31N5O5S/c1-5-27(6-2)20-12-7-17(13-23-20)14-24-21(28)22(29)25-18-8-10-19(11-9-18)33(30,31)26-16(3)15-32-4/h7-13,16,26H,5-6,14-15H2,1-4H3,(H,24,28)(H,25,29)/t16-/m1/s1. The zero-order chi connectivity index (χ0) is 24.4. The molecule has 10 nitrogen and oxygen atoms in total. The summed E-state index contributed by atoms with van der Waals surface area (Å²) in [5, 5.41) is 4.99. The molecule has 0 fully saturated rings. The van der Waals surface area contributed by atoms with E-state index in [9.17, 15) is 18.0 Å². The first kappa shape index (κ1) is 26.2. The van der Waals surface area contributed by atoms with Crippen molar-refractivity contribution >= 4 is 33.3 Å².